The van der Waals surface area contributed by atoms with Crippen molar-refractivity contribution in [2.75, 3.05) is 33.4 Å². The molecule has 0 atom stereocenters. The zero-order chi connectivity index (χ0) is 21.4. The molecule has 2 aliphatic rings. The molecule has 0 bridgehead atoms. The van der Waals surface area contributed by atoms with Crippen molar-refractivity contribution in [3.63, 3.8) is 0 Å². The monoisotopic (exact) mass is 436 g/mol. The van der Waals surface area contributed by atoms with E-state index in [0.717, 1.165) is 68.7 Å². The highest BCUT2D eigenvalue weighted by Crippen LogP contribution is 2.41. The normalized spacial score (nSPS) is 17.0. The summed E-state index contributed by atoms with van der Waals surface area (Å²) in [5, 5.41) is 3.96. The Kier molecular flexibility index (Phi) is 5.59. The lowest BCUT2D eigenvalue weighted by atomic mass is 9.99. The van der Waals surface area contributed by atoms with Crippen molar-refractivity contribution in [2.45, 2.75) is 26.3 Å². The molecule has 1 fully saturated rings. The Balaban J connectivity index is 1.39. The van der Waals surface area contributed by atoms with Gasteiger partial charge in [0.2, 0.25) is 0 Å². The molecule has 31 heavy (non-hydrogen) atoms. The van der Waals surface area contributed by atoms with Crippen LogP contribution in [0, 0.1) is 5.92 Å². The fraction of sp³-hybridized carbons (Fsp3) is 0.400. The number of hydrogen-bond donors (Lipinski definition) is 1. The first-order valence-electron chi connectivity index (χ1n) is 11.0. The van der Waals surface area contributed by atoms with Gasteiger partial charge in [-0.2, -0.15) is 0 Å². The van der Waals surface area contributed by atoms with Crippen LogP contribution in [0.15, 0.2) is 36.4 Å². The third-order valence-corrected chi connectivity index (χ3v) is 7.68. The molecule has 2 aliphatic heterocycles. The summed E-state index contributed by atoms with van der Waals surface area (Å²) >= 11 is 1.70. The molecule has 0 radical (unpaired) electrons. The van der Waals surface area contributed by atoms with E-state index in [1.165, 1.54) is 12.8 Å². The molecular formula is C25H28N2O3S. The largest absolute Gasteiger partial charge is 0.493 e. The van der Waals surface area contributed by atoms with Crippen LogP contribution in [-0.2, 0) is 6.54 Å². The molecular weight excluding hydrogens is 408 g/mol. The van der Waals surface area contributed by atoms with Crippen molar-refractivity contribution in [1.29, 1.82) is 0 Å². The van der Waals surface area contributed by atoms with Crippen molar-refractivity contribution in [1.82, 2.24) is 10.2 Å². The summed E-state index contributed by atoms with van der Waals surface area (Å²) < 4.78 is 12.9. The predicted molar refractivity (Wildman–Crippen MR) is 125 cm³/mol. The molecule has 0 saturated carbocycles. The van der Waals surface area contributed by atoms with Gasteiger partial charge in [-0.05, 0) is 55.1 Å². The number of nitrogens with one attached hydrogen (secondary N) is 1. The third-order valence-electron chi connectivity index (χ3n) is 6.44. The van der Waals surface area contributed by atoms with Crippen LogP contribution in [0.2, 0.25) is 0 Å². The topological polar surface area (TPSA) is 50.8 Å². The number of hydrogen-bond acceptors (Lipinski definition) is 5. The number of carbonyl (C=O) groups excluding carboxylic acids is 1. The first-order chi connectivity index (χ1) is 15.1. The number of amides is 1. The highest BCUT2D eigenvalue weighted by Gasteiger charge is 2.26. The number of likely N-dealkylation sites (tertiary alicyclic amines) is 1. The summed E-state index contributed by atoms with van der Waals surface area (Å²) in [6.07, 6.45) is 2.54. The second-order valence-corrected chi connectivity index (χ2v) is 9.61. The Morgan fingerprint density at radius 2 is 2.00 bits per heavy atom. The van der Waals surface area contributed by atoms with E-state index in [1.54, 1.807) is 18.4 Å². The molecule has 0 unspecified atom stereocenters. The molecule has 2 aromatic carbocycles. The maximum Gasteiger partial charge on any atom is 0.253 e. The highest BCUT2D eigenvalue weighted by molar-refractivity contribution is 7.20. The Bertz CT molecular complexity index is 1120. The number of piperidine rings is 1. The summed E-state index contributed by atoms with van der Waals surface area (Å²) in [5.41, 5.74) is 3.04. The standard InChI is InChI=1S/C25H28N2O3S/c1-16-8-10-27(11-9-16)12-13-30-21-14-17(6-7-20(21)29-2)18-4-3-5-19-23-22(31-24(18)19)15-26-25(23)28/h3-7,14,16H,8-13,15H2,1-2H3,(H,26,28). The summed E-state index contributed by atoms with van der Waals surface area (Å²) in [5.74, 6) is 2.38. The predicted octanol–water partition coefficient (Wildman–Crippen LogP) is 4.93. The maximum absolute atomic E-state index is 12.2. The van der Waals surface area contributed by atoms with Crippen LogP contribution in [0.1, 0.15) is 35.0 Å². The van der Waals surface area contributed by atoms with Crippen LogP contribution >= 0.6 is 11.3 Å². The molecule has 5 rings (SSSR count). The average molecular weight is 437 g/mol. The van der Waals surface area contributed by atoms with Gasteiger partial charge in [-0.25, -0.2) is 0 Å². The van der Waals surface area contributed by atoms with Gasteiger partial charge >= 0.3 is 0 Å². The van der Waals surface area contributed by atoms with E-state index in [1.807, 2.05) is 18.2 Å². The smallest absolute Gasteiger partial charge is 0.253 e. The Hall–Kier alpha value is -2.57. The van der Waals surface area contributed by atoms with E-state index in [2.05, 4.69) is 35.3 Å². The van der Waals surface area contributed by atoms with Gasteiger partial charge in [0.1, 0.15) is 6.61 Å². The molecule has 0 aliphatic carbocycles. The Morgan fingerprint density at radius 1 is 1.16 bits per heavy atom. The molecule has 1 aromatic heterocycles. The molecule has 1 N–H and O–H groups in total. The van der Waals surface area contributed by atoms with Crippen LogP contribution in [0.25, 0.3) is 21.2 Å². The molecule has 0 spiro atoms. The van der Waals surface area contributed by atoms with Crippen molar-refractivity contribution in [3.05, 3.63) is 46.8 Å². The van der Waals surface area contributed by atoms with Gasteiger partial charge in [0.05, 0.1) is 19.2 Å². The van der Waals surface area contributed by atoms with Crippen LogP contribution in [0.4, 0.5) is 0 Å². The summed E-state index contributed by atoms with van der Waals surface area (Å²) in [6.45, 7) is 6.84. The highest BCUT2D eigenvalue weighted by atomic mass is 32.1. The van der Waals surface area contributed by atoms with Crippen molar-refractivity contribution < 1.29 is 14.3 Å². The van der Waals surface area contributed by atoms with Crippen molar-refractivity contribution in [3.8, 4) is 22.6 Å². The zero-order valence-corrected chi connectivity index (χ0v) is 18.9. The van der Waals surface area contributed by atoms with Crippen molar-refractivity contribution >= 4 is 27.3 Å². The van der Waals surface area contributed by atoms with Gasteiger partial charge in [-0.15, -0.1) is 11.3 Å². The SMILES string of the molecule is COc1ccc(-c2cccc3c4c(sc23)CNC4=O)cc1OCCN1CCC(C)CC1. The van der Waals surface area contributed by atoms with E-state index in [-0.39, 0.29) is 5.91 Å². The van der Waals surface area contributed by atoms with E-state index < -0.39 is 0 Å². The third kappa shape index (κ3) is 3.90. The molecule has 162 valence electrons. The second-order valence-electron chi connectivity index (χ2n) is 8.50. The molecule has 3 heterocycles. The maximum atomic E-state index is 12.2. The van der Waals surface area contributed by atoms with Crippen LogP contribution < -0.4 is 14.8 Å². The average Bonchev–Trinajstić information content (AvgIpc) is 3.34. The Labute approximate surface area is 187 Å². The molecule has 6 heteroatoms. The lowest BCUT2D eigenvalue weighted by Crippen LogP contribution is -2.35. The van der Waals surface area contributed by atoms with Gasteiger partial charge in [-0.3, -0.25) is 9.69 Å². The van der Waals surface area contributed by atoms with Crippen LogP contribution in [0.3, 0.4) is 0 Å². The van der Waals surface area contributed by atoms with E-state index in [4.69, 9.17) is 9.47 Å². The number of methoxy groups -OCH3 is 1. The van der Waals surface area contributed by atoms with Gasteiger partial charge in [0.25, 0.3) is 5.91 Å². The second kappa shape index (κ2) is 8.52. The van der Waals surface area contributed by atoms with Crippen LogP contribution in [-0.4, -0.2) is 44.2 Å². The van der Waals surface area contributed by atoms with Gasteiger partial charge < -0.3 is 14.8 Å². The molecule has 1 saturated heterocycles. The molecule has 1 amide bonds. The quantitative estimate of drug-likeness (QED) is 0.595. The fourth-order valence-electron chi connectivity index (χ4n) is 4.55. The van der Waals surface area contributed by atoms with E-state index >= 15 is 0 Å². The molecule has 3 aromatic rings. The number of ether oxygens (including phenoxy) is 2. The Morgan fingerprint density at radius 3 is 2.81 bits per heavy atom. The van der Waals surface area contributed by atoms with E-state index in [0.29, 0.717) is 13.2 Å². The number of carbonyl (C=O) groups is 1. The summed E-state index contributed by atoms with van der Waals surface area (Å²) in [6, 6.07) is 12.3. The zero-order valence-electron chi connectivity index (χ0n) is 18.1. The van der Waals surface area contributed by atoms with Crippen LogP contribution in [0.5, 0.6) is 11.5 Å². The fourth-order valence-corrected chi connectivity index (χ4v) is 5.82. The molecule has 5 nitrogen and oxygen atoms in total. The number of rotatable bonds is 6. The minimum absolute atomic E-state index is 0.0317. The van der Waals surface area contributed by atoms with E-state index in [9.17, 15) is 4.79 Å². The number of fused-ring (bicyclic) bond motifs is 3. The minimum atomic E-state index is 0.0317. The minimum Gasteiger partial charge on any atom is -0.493 e. The first kappa shape index (κ1) is 20.3. The lowest BCUT2D eigenvalue weighted by molar-refractivity contribution is 0.0967. The number of benzene rings is 2. The lowest BCUT2D eigenvalue weighted by Gasteiger charge is -2.30. The van der Waals surface area contributed by atoms with Gasteiger partial charge in [0, 0.05) is 21.5 Å². The summed E-state index contributed by atoms with van der Waals surface area (Å²) in [4.78, 5) is 15.8. The number of nitrogens with zero attached hydrogens (tertiary/aromatic N) is 1. The van der Waals surface area contributed by atoms with Gasteiger partial charge in [-0.1, -0.05) is 31.2 Å². The summed E-state index contributed by atoms with van der Waals surface area (Å²) in [7, 11) is 1.68. The van der Waals surface area contributed by atoms with Crippen molar-refractivity contribution in [2.24, 2.45) is 5.92 Å². The first-order valence-corrected chi connectivity index (χ1v) is 11.8. The number of thiophene rings is 1. The van der Waals surface area contributed by atoms with Gasteiger partial charge in [0.15, 0.2) is 11.5 Å².